The molecular formula is C30H37F2N5O3. The lowest BCUT2D eigenvalue weighted by Gasteiger charge is -2.37. The maximum Gasteiger partial charge on any atom is 0.412 e. The molecule has 0 atom stereocenters. The van der Waals surface area contributed by atoms with Gasteiger partial charge in [0.1, 0.15) is 23.0 Å². The minimum atomic E-state index is -0.812. The molecule has 0 saturated carbocycles. The first-order valence-corrected chi connectivity index (χ1v) is 14.2. The standard InChI is InChI=1S/C30H37F2N5O3/c1-19(2)28-34-25-4-3-5-26(27(25)35-28)40-30(39)33-17-20-8-12-36(13-9-20)18-21-10-14-37(15-11-21)29(38)23-7-6-22(31)16-24(23)32/h3-7,16,19-21H,8-15,17-18H2,1-2H3,(H,33,39)(H,34,35). The molecule has 2 aliphatic rings. The lowest BCUT2D eigenvalue weighted by molar-refractivity contribution is 0.0647. The zero-order valence-corrected chi connectivity index (χ0v) is 23.1. The largest absolute Gasteiger partial charge is 0.412 e. The number of fused-ring (bicyclic) bond motifs is 1. The van der Waals surface area contributed by atoms with Crippen molar-refractivity contribution in [1.82, 2.24) is 25.1 Å². The second-order valence-corrected chi connectivity index (χ2v) is 11.3. The maximum atomic E-state index is 14.0. The van der Waals surface area contributed by atoms with Gasteiger partial charge in [-0.1, -0.05) is 19.9 Å². The molecule has 214 valence electrons. The lowest BCUT2D eigenvalue weighted by Crippen LogP contribution is -2.44. The Balaban J connectivity index is 1.02. The van der Waals surface area contributed by atoms with E-state index in [2.05, 4.69) is 34.0 Å². The molecule has 2 N–H and O–H groups in total. The quantitative estimate of drug-likeness (QED) is 0.414. The molecular weight excluding hydrogens is 516 g/mol. The van der Waals surface area contributed by atoms with Gasteiger partial charge in [-0.05, 0) is 74.9 Å². The summed E-state index contributed by atoms with van der Waals surface area (Å²) in [5, 5.41) is 2.92. The Labute approximate surface area is 233 Å². The number of aromatic nitrogens is 2. The van der Waals surface area contributed by atoms with Gasteiger partial charge in [0.05, 0.1) is 11.1 Å². The Morgan fingerprint density at radius 2 is 1.77 bits per heavy atom. The summed E-state index contributed by atoms with van der Waals surface area (Å²) in [6.45, 7) is 8.74. The predicted octanol–water partition coefficient (Wildman–Crippen LogP) is 5.32. The second kappa shape index (κ2) is 12.3. The number of rotatable bonds is 7. The number of benzene rings is 2. The summed E-state index contributed by atoms with van der Waals surface area (Å²) in [7, 11) is 0. The molecule has 0 aliphatic carbocycles. The van der Waals surface area contributed by atoms with Crippen LogP contribution in [0.25, 0.3) is 11.0 Å². The van der Waals surface area contributed by atoms with Crippen molar-refractivity contribution in [2.24, 2.45) is 11.8 Å². The first kappa shape index (κ1) is 28.0. The Morgan fingerprint density at radius 1 is 1.05 bits per heavy atom. The number of aromatic amines is 1. The number of amides is 2. The Kier molecular flexibility index (Phi) is 8.63. The fraction of sp³-hybridized carbons (Fsp3) is 0.500. The van der Waals surface area contributed by atoms with Crippen molar-refractivity contribution in [2.45, 2.75) is 45.4 Å². The smallest absolute Gasteiger partial charge is 0.408 e. The molecule has 3 heterocycles. The molecule has 2 aliphatic heterocycles. The first-order chi connectivity index (χ1) is 19.3. The van der Waals surface area contributed by atoms with Gasteiger partial charge in [0.2, 0.25) is 0 Å². The molecule has 2 amide bonds. The van der Waals surface area contributed by atoms with E-state index in [1.807, 2.05) is 12.1 Å². The zero-order chi connectivity index (χ0) is 28.2. The summed E-state index contributed by atoms with van der Waals surface area (Å²) < 4.78 is 32.8. The lowest BCUT2D eigenvalue weighted by atomic mass is 9.92. The van der Waals surface area contributed by atoms with Crippen LogP contribution in [0.4, 0.5) is 13.6 Å². The summed E-state index contributed by atoms with van der Waals surface area (Å²) in [6, 6.07) is 8.62. The number of nitrogens with zero attached hydrogens (tertiary/aromatic N) is 3. The van der Waals surface area contributed by atoms with E-state index in [4.69, 9.17) is 4.74 Å². The second-order valence-electron chi connectivity index (χ2n) is 11.3. The van der Waals surface area contributed by atoms with E-state index in [0.29, 0.717) is 42.7 Å². The number of carbonyl (C=O) groups excluding carboxylic acids is 2. The third-order valence-electron chi connectivity index (χ3n) is 8.07. The summed E-state index contributed by atoms with van der Waals surface area (Å²) >= 11 is 0. The average Bonchev–Trinajstić information content (AvgIpc) is 3.39. The summed E-state index contributed by atoms with van der Waals surface area (Å²) in [6.07, 6.45) is 3.25. The number of piperidine rings is 2. The molecule has 40 heavy (non-hydrogen) atoms. The van der Waals surface area contributed by atoms with E-state index in [-0.39, 0.29) is 17.4 Å². The number of nitrogens with one attached hydrogen (secondary N) is 2. The fourth-order valence-corrected chi connectivity index (χ4v) is 5.63. The van der Waals surface area contributed by atoms with E-state index in [1.54, 1.807) is 11.0 Å². The van der Waals surface area contributed by atoms with Gasteiger partial charge >= 0.3 is 6.09 Å². The van der Waals surface area contributed by atoms with Crippen molar-refractivity contribution in [1.29, 1.82) is 0 Å². The van der Waals surface area contributed by atoms with E-state index < -0.39 is 17.7 Å². The number of carbonyl (C=O) groups is 2. The van der Waals surface area contributed by atoms with E-state index in [9.17, 15) is 18.4 Å². The van der Waals surface area contributed by atoms with Crippen molar-refractivity contribution in [3.63, 3.8) is 0 Å². The molecule has 1 aromatic heterocycles. The number of imidazole rings is 1. The van der Waals surface area contributed by atoms with Crippen molar-refractivity contribution in [3.05, 3.63) is 59.4 Å². The van der Waals surface area contributed by atoms with Crippen LogP contribution >= 0.6 is 0 Å². The Hall–Kier alpha value is -3.53. The monoisotopic (exact) mass is 553 g/mol. The molecule has 2 aromatic carbocycles. The third-order valence-corrected chi connectivity index (χ3v) is 8.07. The van der Waals surface area contributed by atoms with Crippen molar-refractivity contribution in [3.8, 4) is 5.75 Å². The highest BCUT2D eigenvalue weighted by Gasteiger charge is 2.28. The third kappa shape index (κ3) is 6.60. The van der Waals surface area contributed by atoms with Gasteiger partial charge in [-0.2, -0.15) is 0 Å². The number of para-hydroxylation sites is 1. The summed E-state index contributed by atoms with van der Waals surface area (Å²) in [5.74, 6) is 0.555. The van der Waals surface area contributed by atoms with Crippen LogP contribution in [0.5, 0.6) is 5.75 Å². The van der Waals surface area contributed by atoms with Crippen molar-refractivity contribution >= 4 is 23.0 Å². The van der Waals surface area contributed by atoms with Crippen LogP contribution < -0.4 is 10.1 Å². The Morgan fingerprint density at radius 3 is 2.48 bits per heavy atom. The van der Waals surface area contributed by atoms with Crippen molar-refractivity contribution < 1.29 is 23.1 Å². The average molecular weight is 554 g/mol. The van der Waals surface area contributed by atoms with Gasteiger partial charge in [0, 0.05) is 38.2 Å². The number of likely N-dealkylation sites (tertiary alicyclic amines) is 2. The Bertz CT molecular complexity index is 1340. The minimum absolute atomic E-state index is 0.0714. The number of halogens is 2. The first-order valence-electron chi connectivity index (χ1n) is 14.2. The van der Waals surface area contributed by atoms with Gasteiger partial charge in [0.15, 0.2) is 5.75 Å². The highest BCUT2D eigenvalue weighted by atomic mass is 19.1. The minimum Gasteiger partial charge on any atom is -0.408 e. The van der Waals surface area contributed by atoms with Crippen LogP contribution in [0.15, 0.2) is 36.4 Å². The molecule has 10 heteroatoms. The van der Waals surface area contributed by atoms with Crippen LogP contribution in [0, 0.1) is 23.5 Å². The molecule has 0 unspecified atom stereocenters. The van der Waals surface area contributed by atoms with Gasteiger partial charge < -0.3 is 24.8 Å². The highest BCUT2D eigenvalue weighted by molar-refractivity contribution is 5.94. The molecule has 0 bridgehead atoms. The summed E-state index contributed by atoms with van der Waals surface area (Å²) in [4.78, 5) is 37.2. The van der Waals surface area contributed by atoms with Crippen LogP contribution in [-0.2, 0) is 0 Å². The van der Waals surface area contributed by atoms with E-state index in [1.165, 1.54) is 6.07 Å². The van der Waals surface area contributed by atoms with Gasteiger partial charge in [-0.3, -0.25) is 4.79 Å². The fourth-order valence-electron chi connectivity index (χ4n) is 5.63. The number of ether oxygens (including phenoxy) is 1. The summed E-state index contributed by atoms with van der Waals surface area (Å²) in [5.41, 5.74) is 1.44. The number of H-pyrrole nitrogens is 1. The normalized spacial score (nSPS) is 17.5. The van der Waals surface area contributed by atoms with E-state index in [0.717, 1.165) is 68.8 Å². The number of hydrogen-bond acceptors (Lipinski definition) is 5. The van der Waals surface area contributed by atoms with Crippen LogP contribution in [0.2, 0.25) is 0 Å². The SMILES string of the molecule is CC(C)c1nc2c(OC(=O)NCC3CCN(CC4CCN(C(=O)c5ccc(F)cc5F)CC4)CC3)cccc2[nH]1. The van der Waals surface area contributed by atoms with Crippen molar-refractivity contribution in [2.75, 3.05) is 39.3 Å². The predicted molar refractivity (Wildman–Crippen MR) is 148 cm³/mol. The van der Waals surface area contributed by atoms with Gasteiger partial charge in [-0.25, -0.2) is 18.6 Å². The van der Waals surface area contributed by atoms with E-state index >= 15 is 0 Å². The maximum absolute atomic E-state index is 14.0. The van der Waals surface area contributed by atoms with Crippen LogP contribution in [-0.4, -0.2) is 71.0 Å². The van der Waals surface area contributed by atoms with Crippen LogP contribution in [0.3, 0.4) is 0 Å². The van der Waals surface area contributed by atoms with Gasteiger partial charge in [0.25, 0.3) is 5.91 Å². The van der Waals surface area contributed by atoms with Gasteiger partial charge in [-0.15, -0.1) is 0 Å². The molecule has 8 nitrogen and oxygen atoms in total. The molecule has 0 radical (unpaired) electrons. The molecule has 2 saturated heterocycles. The molecule has 3 aromatic rings. The molecule has 5 rings (SSSR count). The number of hydrogen-bond donors (Lipinski definition) is 2. The highest BCUT2D eigenvalue weighted by Crippen LogP contribution is 2.27. The topological polar surface area (TPSA) is 90.6 Å². The molecule has 2 fully saturated rings. The van der Waals surface area contributed by atoms with Crippen LogP contribution in [0.1, 0.15) is 61.6 Å². The zero-order valence-electron chi connectivity index (χ0n) is 23.1. The molecule has 0 spiro atoms.